The molecule has 0 bridgehead atoms. The molecule has 1 amide bonds. The number of aromatic nitrogens is 1. The standard InChI is InChI=1S/C19H25N3O4/c1-4-20-18(23)12-5-6-22(10-12)11-14-7-13-8-16(25-2)17(26-3)9-15(13)21-19(14)24/h7-9,12H,4-6,10-11H2,1-3H3,(H,20,23)(H,21,24). The second kappa shape index (κ2) is 7.78. The SMILES string of the molecule is CCNC(=O)C1CCN(Cc2cc3cc(OC)c(OC)cc3[nH]c2=O)C1. The number of aromatic amines is 1. The number of amides is 1. The van der Waals surface area contributed by atoms with Crippen LogP contribution in [0, 0.1) is 5.92 Å². The van der Waals surface area contributed by atoms with Crippen LogP contribution in [0.4, 0.5) is 0 Å². The van der Waals surface area contributed by atoms with Crippen molar-refractivity contribution in [2.75, 3.05) is 33.9 Å². The maximum absolute atomic E-state index is 12.5. The summed E-state index contributed by atoms with van der Waals surface area (Å²) in [6.45, 7) is 4.57. The number of pyridine rings is 1. The second-order valence-corrected chi connectivity index (χ2v) is 6.53. The van der Waals surface area contributed by atoms with Gasteiger partial charge in [0.15, 0.2) is 11.5 Å². The molecule has 0 radical (unpaired) electrons. The van der Waals surface area contributed by atoms with Crippen LogP contribution in [-0.4, -0.2) is 49.6 Å². The number of ether oxygens (including phenoxy) is 2. The number of carbonyl (C=O) groups excluding carboxylic acids is 1. The van der Waals surface area contributed by atoms with Crippen molar-refractivity contribution < 1.29 is 14.3 Å². The Kier molecular flexibility index (Phi) is 5.46. The topological polar surface area (TPSA) is 83.7 Å². The number of H-pyrrole nitrogens is 1. The largest absolute Gasteiger partial charge is 0.493 e. The van der Waals surface area contributed by atoms with Crippen molar-refractivity contribution in [2.24, 2.45) is 5.92 Å². The zero-order chi connectivity index (χ0) is 18.7. The first-order valence-corrected chi connectivity index (χ1v) is 8.83. The minimum atomic E-state index is -0.119. The van der Waals surface area contributed by atoms with E-state index in [1.165, 1.54) is 0 Å². The number of nitrogens with zero attached hydrogens (tertiary/aromatic N) is 1. The first-order chi connectivity index (χ1) is 12.5. The first-order valence-electron chi connectivity index (χ1n) is 8.83. The third-order valence-electron chi connectivity index (χ3n) is 4.81. The van der Waals surface area contributed by atoms with Crippen molar-refractivity contribution in [3.8, 4) is 11.5 Å². The Bertz CT molecular complexity index is 862. The monoisotopic (exact) mass is 359 g/mol. The van der Waals surface area contributed by atoms with Crippen molar-refractivity contribution in [2.45, 2.75) is 19.9 Å². The van der Waals surface area contributed by atoms with Crippen LogP contribution in [-0.2, 0) is 11.3 Å². The van der Waals surface area contributed by atoms with Crippen molar-refractivity contribution in [3.05, 3.63) is 34.1 Å². The molecule has 1 aliphatic rings. The molecule has 1 aromatic carbocycles. The van der Waals surface area contributed by atoms with Crippen molar-refractivity contribution in [1.29, 1.82) is 0 Å². The van der Waals surface area contributed by atoms with Gasteiger partial charge in [0, 0.05) is 36.7 Å². The van der Waals surface area contributed by atoms with Gasteiger partial charge in [-0.3, -0.25) is 14.5 Å². The van der Waals surface area contributed by atoms with Crippen LogP contribution in [0.25, 0.3) is 10.9 Å². The van der Waals surface area contributed by atoms with Crippen LogP contribution in [0.1, 0.15) is 18.9 Å². The van der Waals surface area contributed by atoms with Gasteiger partial charge in [-0.05, 0) is 32.0 Å². The average Bonchev–Trinajstić information content (AvgIpc) is 3.10. The van der Waals surface area contributed by atoms with Crippen LogP contribution in [0.5, 0.6) is 11.5 Å². The molecule has 1 saturated heterocycles. The van der Waals surface area contributed by atoms with Crippen LogP contribution >= 0.6 is 0 Å². The second-order valence-electron chi connectivity index (χ2n) is 6.53. The van der Waals surface area contributed by atoms with E-state index in [4.69, 9.17) is 9.47 Å². The van der Waals surface area contributed by atoms with Gasteiger partial charge in [-0.2, -0.15) is 0 Å². The van der Waals surface area contributed by atoms with Gasteiger partial charge in [-0.15, -0.1) is 0 Å². The van der Waals surface area contributed by atoms with Crippen molar-refractivity contribution in [1.82, 2.24) is 15.2 Å². The van der Waals surface area contributed by atoms with Gasteiger partial charge >= 0.3 is 0 Å². The summed E-state index contributed by atoms with van der Waals surface area (Å²) in [5.74, 6) is 1.29. The van der Waals surface area contributed by atoms with E-state index in [-0.39, 0.29) is 17.4 Å². The first kappa shape index (κ1) is 18.3. The predicted molar refractivity (Wildman–Crippen MR) is 99.7 cm³/mol. The summed E-state index contributed by atoms with van der Waals surface area (Å²) in [5, 5.41) is 3.76. The highest BCUT2D eigenvalue weighted by molar-refractivity contribution is 5.83. The van der Waals surface area contributed by atoms with E-state index < -0.39 is 0 Å². The average molecular weight is 359 g/mol. The molecule has 1 aromatic heterocycles. The molecule has 2 heterocycles. The van der Waals surface area contributed by atoms with Crippen LogP contribution in [0.15, 0.2) is 23.0 Å². The van der Waals surface area contributed by atoms with Crippen molar-refractivity contribution >= 4 is 16.8 Å². The van der Waals surface area contributed by atoms with E-state index in [0.29, 0.717) is 42.2 Å². The molecule has 1 aliphatic heterocycles. The number of benzene rings is 1. The molecule has 7 heteroatoms. The van der Waals surface area contributed by atoms with Gasteiger partial charge in [0.05, 0.1) is 25.7 Å². The highest BCUT2D eigenvalue weighted by Crippen LogP contribution is 2.31. The molecular weight excluding hydrogens is 334 g/mol. The number of hydrogen-bond acceptors (Lipinski definition) is 5. The van der Waals surface area contributed by atoms with Gasteiger partial charge in [0.1, 0.15) is 0 Å². The predicted octanol–water partition coefficient (Wildman–Crippen LogP) is 1.50. The molecule has 1 fully saturated rings. The fraction of sp³-hybridized carbons (Fsp3) is 0.474. The summed E-state index contributed by atoms with van der Waals surface area (Å²) in [5.41, 5.74) is 1.27. The Labute approximate surface area is 152 Å². The Hall–Kier alpha value is -2.54. The molecule has 0 spiro atoms. The fourth-order valence-corrected chi connectivity index (χ4v) is 3.45. The third kappa shape index (κ3) is 3.67. The van der Waals surface area contributed by atoms with Gasteiger partial charge in [-0.25, -0.2) is 0 Å². The molecular formula is C19H25N3O4. The maximum Gasteiger partial charge on any atom is 0.252 e. The summed E-state index contributed by atoms with van der Waals surface area (Å²) < 4.78 is 10.6. The highest BCUT2D eigenvalue weighted by Gasteiger charge is 2.28. The Morgan fingerprint density at radius 1 is 1.27 bits per heavy atom. The summed E-state index contributed by atoms with van der Waals surface area (Å²) in [4.78, 5) is 29.5. The lowest BCUT2D eigenvalue weighted by molar-refractivity contribution is -0.124. The van der Waals surface area contributed by atoms with E-state index in [0.717, 1.165) is 18.4 Å². The molecule has 1 unspecified atom stereocenters. The zero-order valence-electron chi connectivity index (χ0n) is 15.4. The maximum atomic E-state index is 12.5. The Balaban J connectivity index is 1.81. The molecule has 26 heavy (non-hydrogen) atoms. The normalized spacial score (nSPS) is 17.4. The van der Waals surface area contributed by atoms with E-state index in [9.17, 15) is 9.59 Å². The molecule has 2 N–H and O–H groups in total. The summed E-state index contributed by atoms with van der Waals surface area (Å²) in [6.07, 6.45) is 0.822. The van der Waals surface area contributed by atoms with E-state index >= 15 is 0 Å². The summed E-state index contributed by atoms with van der Waals surface area (Å²) in [7, 11) is 3.15. The number of methoxy groups -OCH3 is 2. The Morgan fingerprint density at radius 2 is 2.00 bits per heavy atom. The summed E-state index contributed by atoms with van der Waals surface area (Å²) in [6, 6.07) is 5.50. The van der Waals surface area contributed by atoms with E-state index in [1.807, 2.05) is 19.1 Å². The molecule has 140 valence electrons. The van der Waals surface area contributed by atoms with Crippen LogP contribution in [0.2, 0.25) is 0 Å². The van der Waals surface area contributed by atoms with E-state index in [1.54, 1.807) is 20.3 Å². The van der Waals surface area contributed by atoms with Crippen molar-refractivity contribution in [3.63, 3.8) is 0 Å². The fourth-order valence-electron chi connectivity index (χ4n) is 3.45. The number of likely N-dealkylation sites (tertiary alicyclic amines) is 1. The molecule has 7 nitrogen and oxygen atoms in total. The minimum absolute atomic E-state index is 0.00107. The smallest absolute Gasteiger partial charge is 0.252 e. The van der Waals surface area contributed by atoms with E-state index in [2.05, 4.69) is 15.2 Å². The third-order valence-corrected chi connectivity index (χ3v) is 4.81. The quantitative estimate of drug-likeness (QED) is 0.817. The zero-order valence-corrected chi connectivity index (χ0v) is 15.4. The van der Waals surface area contributed by atoms with Gasteiger partial charge in [-0.1, -0.05) is 0 Å². The highest BCUT2D eigenvalue weighted by atomic mass is 16.5. The molecule has 0 saturated carbocycles. The molecule has 1 atom stereocenters. The number of rotatable bonds is 6. The molecule has 0 aliphatic carbocycles. The number of nitrogens with one attached hydrogen (secondary N) is 2. The molecule has 3 rings (SSSR count). The lowest BCUT2D eigenvalue weighted by atomic mass is 10.1. The Morgan fingerprint density at radius 3 is 2.69 bits per heavy atom. The summed E-state index contributed by atoms with van der Waals surface area (Å²) >= 11 is 0. The van der Waals surface area contributed by atoms with Crippen LogP contribution in [0.3, 0.4) is 0 Å². The lowest BCUT2D eigenvalue weighted by Crippen LogP contribution is -2.33. The number of hydrogen-bond donors (Lipinski definition) is 2. The number of carbonyl (C=O) groups is 1. The number of fused-ring (bicyclic) bond motifs is 1. The molecule has 2 aromatic rings. The van der Waals surface area contributed by atoms with Gasteiger partial charge < -0.3 is 19.8 Å². The van der Waals surface area contributed by atoms with Crippen LogP contribution < -0.4 is 20.3 Å². The van der Waals surface area contributed by atoms with Gasteiger partial charge in [0.2, 0.25) is 5.91 Å². The minimum Gasteiger partial charge on any atom is -0.493 e. The lowest BCUT2D eigenvalue weighted by Gasteiger charge is -2.16. The van der Waals surface area contributed by atoms with Gasteiger partial charge in [0.25, 0.3) is 5.56 Å².